The third-order valence-electron chi connectivity index (χ3n) is 5.19. The Bertz CT molecular complexity index is 717. The molecule has 1 atom stereocenters. The van der Waals surface area contributed by atoms with Crippen molar-refractivity contribution < 1.29 is 0 Å². The lowest BCUT2D eigenvalue weighted by atomic mass is 9.74. The van der Waals surface area contributed by atoms with Gasteiger partial charge in [-0.3, -0.25) is 4.98 Å². The van der Waals surface area contributed by atoms with Crippen LogP contribution in [0.5, 0.6) is 0 Å². The van der Waals surface area contributed by atoms with E-state index in [1.54, 1.807) is 5.56 Å². The van der Waals surface area contributed by atoms with Gasteiger partial charge in [0.1, 0.15) is 0 Å². The third kappa shape index (κ3) is 3.20. The number of pyridine rings is 1. The smallest absolute Gasteiger partial charge is 0.0303 e. The molecular formula is C22H29N. The van der Waals surface area contributed by atoms with Crippen molar-refractivity contribution in [2.45, 2.75) is 65.7 Å². The van der Waals surface area contributed by atoms with E-state index in [-0.39, 0.29) is 5.41 Å². The maximum atomic E-state index is 4.28. The van der Waals surface area contributed by atoms with Crippen LogP contribution in [-0.2, 0) is 5.41 Å². The van der Waals surface area contributed by atoms with Crippen LogP contribution in [0.2, 0.25) is 0 Å². The second kappa shape index (κ2) is 5.78. The van der Waals surface area contributed by atoms with Crippen molar-refractivity contribution in [1.82, 2.24) is 4.98 Å². The molecule has 23 heavy (non-hydrogen) atoms. The summed E-state index contributed by atoms with van der Waals surface area (Å²) in [7, 11) is 0. The van der Waals surface area contributed by atoms with E-state index in [0.29, 0.717) is 5.92 Å². The number of aromatic nitrogens is 1. The summed E-state index contributed by atoms with van der Waals surface area (Å²) in [6, 6.07) is 6.97. The van der Waals surface area contributed by atoms with Crippen LogP contribution >= 0.6 is 0 Å². The molecule has 1 aliphatic rings. The van der Waals surface area contributed by atoms with E-state index in [1.807, 2.05) is 12.4 Å². The number of hydrogen-bond acceptors (Lipinski definition) is 1. The summed E-state index contributed by atoms with van der Waals surface area (Å²) in [5.74, 6) is 1.54. The van der Waals surface area contributed by atoms with Crippen LogP contribution in [0, 0.1) is 19.8 Å². The van der Waals surface area contributed by atoms with Gasteiger partial charge in [-0.15, -0.1) is 0 Å². The van der Waals surface area contributed by atoms with E-state index < -0.39 is 0 Å². The van der Waals surface area contributed by atoms with Crippen molar-refractivity contribution in [3.8, 4) is 11.1 Å². The molecule has 122 valence electrons. The van der Waals surface area contributed by atoms with Crippen LogP contribution in [0.15, 0.2) is 30.6 Å². The van der Waals surface area contributed by atoms with E-state index >= 15 is 0 Å². The molecule has 1 heteroatoms. The Morgan fingerprint density at radius 1 is 1.09 bits per heavy atom. The van der Waals surface area contributed by atoms with Gasteiger partial charge in [0.25, 0.3) is 0 Å². The first kappa shape index (κ1) is 16.2. The van der Waals surface area contributed by atoms with E-state index in [9.17, 15) is 0 Å². The lowest BCUT2D eigenvalue weighted by Gasteiger charge is -2.30. The van der Waals surface area contributed by atoms with Gasteiger partial charge in [-0.25, -0.2) is 0 Å². The van der Waals surface area contributed by atoms with Crippen LogP contribution < -0.4 is 0 Å². The Kier molecular flexibility index (Phi) is 4.08. The number of benzene rings is 1. The molecule has 2 aromatic rings. The van der Waals surface area contributed by atoms with Gasteiger partial charge in [0.05, 0.1) is 0 Å². The normalized spacial score (nSPS) is 16.4. The minimum absolute atomic E-state index is 0.136. The Hall–Kier alpha value is -1.63. The molecule has 0 aliphatic heterocycles. The molecule has 0 amide bonds. The third-order valence-corrected chi connectivity index (χ3v) is 5.19. The molecule has 0 spiro atoms. The van der Waals surface area contributed by atoms with Gasteiger partial charge in [-0.2, -0.15) is 0 Å². The fourth-order valence-electron chi connectivity index (χ4n) is 3.85. The predicted molar refractivity (Wildman–Crippen MR) is 99.0 cm³/mol. The SMILES string of the molecule is Cc1cc(-c2ccncc2C)c(C(C)(C)C)c(C(C)C2CC2)c1. The molecule has 1 nitrogen and oxygen atoms in total. The number of nitrogens with zero attached hydrogens (tertiary/aromatic N) is 1. The van der Waals surface area contributed by atoms with E-state index in [2.05, 4.69) is 64.7 Å². The molecule has 0 radical (unpaired) electrons. The minimum atomic E-state index is 0.136. The maximum Gasteiger partial charge on any atom is 0.0303 e. The predicted octanol–water partition coefficient (Wildman–Crippen LogP) is 6.18. The van der Waals surface area contributed by atoms with Crippen molar-refractivity contribution in [1.29, 1.82) is 0 Å². The molecular weight excluding hydrogens is 278 g/mol. The van der Waals surface area contributed by atoms with Crippen LogP contribution in [0.4, 0.5) is 0 Å². The number of hydrogen-bond donors (Lipinski definition) is 0. The first-order chi connectivity index (χ1) is 10.8. The molecule has 1 aliphatic carbocycles. The van der Waals surface area contributed by atoms with Crippen LogP contribution in [-0.4, -0.2) is 4.98 Å². The summed E-state index contributed by atoms with van der Waals surface area (Å²) >= 11 is 0. The zero-order valence-corrected chi connectivity index (χ0v) is 15.4. The fraction of sp³-hybridized carbons (Fsp3) is 0.500. The van der Waals surface area contributed by atoms with Crippen LogP contribution in [0.1, 0.15) is 68.7 Å². The Balaban J connectivity index is 2.28. The second-order valence-corrected chi connectivity index (χ2v) is 8.34. The quantitative estimate of drug-likeness (QED) is 0.660. The summed E-state index contributed by atoms with van der Waals surface area (Å²) < 4.78 is 0. The summed E-state index contributed by atoms with van der Waals surface area (Å²) in [6.45, 7) is 13.9. The Morgan fingerprint density at radius 2 is 1.78 bits per heavy atom. The summed E-state index contributed by atoms with van der Waals surface area (Å²) in [5, 5.41) is 0. The first-order valence-electron chi connectivity index (χ1n) is 8.85. The summed E-state index contributed by atoms with van der Waals surface area (Å²) in [4.78, 5) is 4.28. The van der Waals surface area contributed by atoms with Crippen molar-refractivity contribution in [2.75, 3.05) is 0 Å². The molecule has 1 aromatic heterocycles. The average Bonchev–Trinajstić information content (AvgIpc) is 3.29. The Labute approximate surface area is 141 Å². The molecule has 3 rings (SSSR count). The van der Waals surface area contributed by atoms with Gasteiger partial charge in [0.2, 0.25) is 0 Å². The van der Waals surface area contributed by atoms with E-state index in [1.165, 1.54) is 40.7 Å². The zero-order valence-electron chi connectivity index (χ0n) is 15.4. The summed E-state index contributed by atoms with van der Waals surface area (Å²) in [5.41, 5.74) is 8.58. The van der Waals surface area contributed by atoms with Crippen molar-refractivity contribution in [2.24, 2.45) is 5.92 Å². The molecule has 1 aromatic carbocycles. The highest BCUT2D eigenvalue weighted by Gasteiger charge is 2.33. The van der Waals surface area contributed by atoms with Crippen molar-refractivity contribution >= 4 is 0 Å². The minimum Gasteiger partial charge on any atom is -0.264 e. The molecule has 0 saturated heterocycles. The first-order valence-corrected chi connectivity index (χ1v) is 8.85. The van der Waals surface area contributed by atoms with Gasteiger partial charge >= 0.3 is 0 Å². The van der Waals surface area contributed by atoms with E-state index in [4.69, 9.17) is 0 Å². The second-order valence-electron chi connectivity index (χ2n) is 8.34. The molecule has 1 saturated carbocycles. The lowest BCUT2D eigenvalue weighted by Crippen LogP contribution is -2.18. The van der Waals surface area contributed by atoms with Gasteiger partial charge < -0.3 is 0 Å². The Morgan fingerprint density at radius 3 is 2.35 bits per heavy atom. The fourth-order valence-corrected chi connectivity index (χ4v) is 3.85. The largest absolute Gasteiger partial charge is 0.264 e. The van der Waals surface area contributed by atoms with E-state index in [0.717, 1.165) is 5.92 Å². The highest BCUT2D eigenvalue weighted by Crippen LogP contribution is 2.47. The van der Waals surface area contributed by atoms with Crippen LogP contribution in [0.25, 0.3) is 11.1 Å². The average molecular weight is 307 g/mol. The topological polar surface area (TPSA) is 12.9 Å². The lowest BCUT2D eigenvalue weighted by molar-refractivity contribution is 0.562. The molecule has 1 unspecified atom stereocenters. The molecule has 0 bridgehead atoms. The molecule has 1 fully saturated rings. The van der Waals surface area contributed by atoms with Gasteiger partial charge in [0, 0.05) is 12.4 Å². The standard InChI is InChI=1S/C22H29N/c1-14-11-19(16(3)17-7-8-17)21(22(4,5)6)20(12-14)18-9-10-23-13-15(18)2/h9-13,16-17H,7-8H2,1-6H3. The molecule has 0 N–H and O–H groups in total. The number of rotatable bonds is 3. The van der Waals surface area contributed by atoms with Crippen molar-refractivity contribution in [3.63, 3.8) is 0 Å². The summed E-state index contributed by atoms with van der Waals surface area (Å²) in [6.07, 6.45) is 6.68. The van der Waals surface area contributed by atoms with Crippen molar-refractivity contribution in [3.05, 3.63) is 52.8 Å². The number of aryl methyl sites for hydroxylation is 2. The van der Waals surface area contributed by atoms with Gasteiger partial charge in [0.15, 0.2) is 0 Å². The molecule has 1 heterocycles. The van der Waals surface area contributed by atoms with Gasteiger partial charge in [-0.05, 0) is 77.8 Å². The maximum absolute atomic E-state index is 4.28. The van der Waals surface area contributed by atoms with Crippen LogP contribution in [0.3, 0.4) is 0 Å². The zero-order chi connectivity index (χ0) is 16.8. The monoisotopic (exact) mass is 307 g/mol. The van der Waals surface area contributed by atoms with Gasteiger partial charge in [-0.1, -0.05) is 45.4 Å². The highest BCUT2D eigenvalue weighted by atomic mass is 14.6. The highest BCUT2D eigenvalue weighted by molar-refractivity contribution is 5.74.